The number of hydrogen-bond acceptors (Lipinski definition) is 2. The topological polar surface area (TPSA) is 23.8 Å². The number of halogens is 3. The Hall–Kier alpha value is -1.15. The van der Waals surface area contributed by atoms with Gasteiger partial charge in [0, 0.05) is 10.1 Å². The fourth-order valence-corrected chi connectivity index (χ4v) is 3.44. The first-order valence-corrected chi connectivity index (χ1v) is 6.66. The van der Waals surface area contributed by atoms with Gasteiger partial charge in [0.25, 0.3) is 0 Å². The molecule has 0 aromatic heterocycles. The number of nitriles is 1. The van der Waals surface area contributed by atoms with E-state index in [1.165, 1.54) is 17.8 Å². The molecule has 0 atom stereocenters. The third kappa shape index (κ3) is 2.99. The maximum atomic E-state index is 12.6. The van der Waals surface area contributed by atoms with Crippen LogP contribution in [0.25, 0.3) is 0 Å². The predicted molar refractivity (Wildman–Crippen MR) is 64.3 cm³/mol. The van der Waals surface area contributed by atoms with E-state index in [0.29, 0.717) is 15.7 Å². The Morgan fingerprint density at radius 2 is 1.89 bits per heavy atom. The molecular weight excluding hydrogens is 259 g/mol. The largest absolute Gasteiger partial charge is 0.416 e. The van der Waals surface area contributed by atoms with Gasteiger partial charge in [0.05, 0.1) is 11.1 Å². The molecule has 0 spiro atoms. The van der Waals surface area contributed by atoms with Gasteiger partial charge >= 0.3 is 6.18 Å². The minimum absolute atomic E-state index is 0.333. The standard InChI is InChI=1S/C13H12F3NS/c14-13(15,16)10-6-5-9(8-17)12(7-10)18-11-3-1-2-4-11/h5-7,11H,1-4H2. The monoisotopic (exact) mass is 271 g/mol. The second-order valence-electron chi connectivity index (χ2n) is 4.34. The molecule has 1 saturated carbocycles. The number of hydrogen-bond donors (Lipinski definition) is 0. The van der Waals surface area contributed by atoms with Crippen LogP contribution >= 0.6 is 11.8 Å². The van der Waals surface area contributed by atoms with Gasteiger partial charge in [-0.3, -0.25) is 0 Å². The van der Waals surface area contributed by atoms with Crippen LogP contribution in [0.1, 0.15) is 36.8 Å². The number of rotatable bonds is 2. The lowest BCUT2D eigenvalue weighted by molar-refractivity contribution is -0.137. The minimum atomic E-state index is -4.35. The van der Waals surface area contributed by atoms with Crippen molar-refractivity contribution < 1.29 is 13.2 Å². The van der Waals surface area contributed by atoms with E-state index in [4.69, 9.17) is 5.26 Å². The average Bonchev–Trinajstić information content (AvgIpc) is 2.80. The summed E-state index contributed by atoms with van der Waals surface area (Å²) in [6.07, 6.45) is -0.0619. The Labute approximate surface area is 108 Å². The van der Waals surface area contributed by atoms with Crippen LogP contribution in [0.15, 0.2) is 23.1 Å². The van der Waals surface area contributed by atoms with Crippen molar-refractivity contribution in [2.24, 2.45) is 0 Å². The van der Waals surface area contributed by atoms with Crippen molar-refractivity contribution in [1.82, 2.24) is 0 Å². The fraction of sp³-hybridized carbons (Fsp3) is 0.462. The van der Waals surface area contributed by atoms with Crippen molar-refractivity contribution in [3.63, 3.8) is 0 Å². The Morgan fingerprint density at radius 1 is 1.22 bits per heavy atom. The van der Waals surface area contributed by atoms with E-state index in [1.54, 1.807) is 0 Å². The van der Waals surface area contributed by atoms with Gasteiger partial charge in [-0.1, -0.05) is 12.8 Å². The van der Waals surface area contributed by atoms with Gasteiger partial charge in [0.1, 0.15) is 6.07 Å². The predicted octanol–water partition coefficient (Wildman–Crippen LogP) is 4.61. The summed E-state index contributed by atoms with van der Waals surface area (Å²) >= 11 is 1.41. The lowest BCUT2D eigenvalue weighted by atomic mass is 10.1. The molecule has 5 heteroatoms. The summed E-state index contributed by atoms with van der Waals surface area (Å²) in [6.45, 7) is 0. The van der Waals surface area contributed by atoms with Crippen LogP contribution in [0.4, 0.5) is 13.2 Å². The molecule has 1 nitrogen and oxygen atoms in total. The van der Waals surface area contributed by atoms with Crippen LogP contribution in [0, 0.1) is 11.3 Å². The number of thioether (sulfide) groups is 1. The highest BCUT2D eigenvalue weighted by atomic mass is 32.2. The smallest absolute Gasteiger partial charge is 0.192 e. The Kier molecular flexibility index (Phi) is 3.86. The van der Waals surface area contributed by atoms with E-state index in [9.17, 15) is 13.2 Å². The molecule has 0 unspecified atom stereocenters. The zero-order valence-electron chi connectivity index (χ0n) is 9.63. The molecule has 1 aromatic carbocycles. The third-order valence-corrected chi connectivity index (χ3v) is 4.42. The van der Waals surface area contributed by atoms with Gasteiger partial charge in [-0.05, 0) is 31.0 Å². The molecule has 0 saturated heterocycles. The van der Waals surface area contributed by atoms with Crippen molar-refractivity contribution in [3.05, 3.63) is 29.3 Å². The van der Waals surface area contributed by atoms with E-state index in [-0.39, 0.29) is 0 Å². The van der Waals surface area contributed by atoms with Gasteiger partial charge in [0.15, 0.2) is 0 Å². The zero-order valence-corrected chi connectivity index (χ0v) is 10.4. The molecule has 18 heavy (non-hydrogen) atoms. The van der Waals surface area contributed by atoms with Crippen molar-refractivity contribution >= 4 is 11.8 Å². The maximum Gasteiger partial charge on any atom is 0.416 e. The highest BCUT2D eigenvalue weighted by Gasteiger charge is 2.31. The first-order chi connectivity index (χ1) is 8.50. The summed E-state index contributed by atoms with van der Waals surface area (Å²) in [7, 11) is 0. The van der Waals surface area contributed by atoms with Crippen LogP contribution in [0.2, 0.25) is 0 Å². The van der Waals surface area contributed by atoms with Crippen molar-refractivity contribution in [1.29, 1.82) is 5.26 Å². The number of nitrogens with zero attached hydrogens (tertiary/aromatic N) is 1. The van der Waals surface area contributed by atoms with Crippen LogP contribution in [0.5, 0.6) is 0 Å². The number of benzene rings is 1. The van der Waals surface area contributed by atoms with Crippen LogP contribution in [-0.4, -0.2) is 5.25 Å². The van der Waals surface area contributed by atoms with Gasteiger partial charge < -0.3 is 0 Å². The summed E-state index contributed by atoms with van der Waals surface area (Å²) in [6, 6.07) is 5.29. The molecule has 0 radical (unpaired) electrons. The SMILES string of the molecule is N#Cc1ccc(C(F)(F)F)cc1SC1CCCC1. The molecular formula is C13H12F3NS. The molecule has 1 aliphatic carbocycles. The molecule has 1 fully saturated rings. The third-order valence-electron chi connectivity index (χ3n) is 3.03. The van der Waals surface area contributed by atoms with Crippen LogP contribution in [-0.2, 0) is 6.18 Å². The van der Waals surface area contributed by atoms with E-state index in [0.717, 1.165) is 37.8 Å². The second kappa shape index (κ2) is 5.23. The van der Waals surface area contributed by atoms with Gasteiger partial charge in [-0.25, -0.2) is 0 Å². The van der Waals surface area contributed by atoms with Gasteiger partial charge in [-0.2, -0.15) is 18.4 Å². The van der Waals surface area contributed by atoms with E-state index in [1.807, 2.05) is 6.07 Å². The van der Waals surface area contributed by atoms with Crippen LogP contribution < -0.4 is 0 Å². The molecule has 0 aliphatic heterocycles. The highest BCUT2D eigenvalue weighted by Crippen LogP contribution is 2.39. The molecule has 0 heterocycles. The average molecular weight is 271 g/mol. The van der Waals surface area contributed by atoms with E-state index < -0.39 is 11.7 Å². The minimum Gasteiger partial charge on any atom is -0.192 e. The molecule has 0 N–H and O–H groups in total. The Morgan fingerprint density at radius 3 is 2.44 bits per heavy atom. The summed E-state index contributed by atoms with van der Waals surface area (Å²) in [5.74, 6) is 0. The first-order valence-electron chi connectivity index (χ1n) is 5.78. The highest BCUT2D eigenvalue weighted by molar-refractivity contribution is 8.00. The normalized spacial score (nSPS) is 16.8. The Bertz CT molecular complexity index is 470. The molecule has 0 amide bonds. The van der Waals surface area contributed by atoms with Gasteiger partial charge in [0.2, 0.25) is 0 Å². The zero-order chi connectivity index (χ0) is 13.2. The Balaban J connectivity index is 2.28. The quantitative estimate of drug-likeness (QED) is 0.784. The number of alkyl halides is 3. The molecule has 1 aliphatic rings. The van der Waals surface area contributed by atoms with Gasteiger partial charge in [-0.15, -0.1) is 11.8 Å². The van der Waals surface area contributed by atoms with Crippen molar-refractivity contribution in [3.8, 4) is 6.07 Å². The first kappa shape index (κ1) is 13.3. The summed E-state index contributed by atoms with van der Waals surface area (Å²) < 4.78 is 37.9. The molecule has 0 bridgehead atoms. The lowest BCUT2D eigenvalue weighted by Gasteiger charge is -2.13. The van der Waals surface area contributed by atoms with Crippen molar-refractivity contribution in [2.75, 3.05) is 0 Å². The van der Waals surface area contributed by atoms with Crippen molar-refractivity contribution in [2.45, 2.75) is 42.0 Å². The molecule has 1 aromatic rings. The summed E-state index contributed by atoms with van der Waals surface area (Å²) in [4.78, 5) is 0.458. The van der Waals surface area contributed by atoms with Crippen LogP contribution in [0.3, 0.4) is 0 Å². The second-order valence-corrected chi connectivity index (χ2v) is 5.69. The maximum absolute atomic E-state index is 12.6. The van der Waals surface area contributed by atoms with E-state index >= 15 is 0 Å². The molecule has 96 valence electrons. The molecule has 2 rings (SSSR count). The summed E-state index contributed by atoms with van der Waals surface area (Å²) in [5, 5.41) is 9.29. The van der Waals surface area contributed by atoms with E-state index in [2.05, 4.69) is 0 Å². The summed E-state index contributed by atoms with van der Waals surface area (Å²) in [5.41, 5.74) is -0.345. The fourth-order valence-electron chi connectivity index (χ4n) is 2.07. The lowest BCUT2D eigenvalue weighted by Crippen LogP contribution is -2.06.